The Bertz CT molecular complexity index is 896. The highest BCUT2D eigenvalue weighted by molar-refractivity contribution is 7.89. The Labute approximate surface area is 161 Å². The van der Waals surface area contributed by atoms with Gasteiger partial charge >= 0.3 is 0 Å². The first-order valence-corrected chi connectivity index (χ1v) is 10.4. The van der Waals surface area contributed by atoms with Crippen LogP contribution in [0.25, 0.3) is 0 Å². The predicted octanol–water partition coefficient (Wildman–Crippen LogP) is 2.83. The number of hydrogen-bond acceptors (Lipinski definition) is 5. The maximum absolute atomic E-state index is 13.2. The van der Waals surface area contributed by atoms with Crippen LogP contribution in [-0.2, 0) is 10.0 Å². The second kappa shape index (κ2) is 7.78. The van der Waals surface area contributed by atoms with E-state index in [9.17, 15) is 8.42 Å². The Kier molecular flexibility index (Phi) is 5.62. The zero-order valence-corrected chi connectivity index (χ0v) is 17.0. The Balaban J connectivity index is 1.81. The number of benzene rings is 2. The van der Waals surface area contributed by atoms with E-state index in [2.05, 4.69) is 4.90 Å². The van der Waals surface area contributed by atoms with Crippen molar-refractivity contribution >= 4 is 15.7 Å². The zero-order valence-electron chi connectivity index (χ0n) is 16.2. The number of sulfonamides is 1. The van der Waals surface area contributed by atoms with Crippen LogP contribution in [0.2, 0.25) is 0 Å². The van der Waals surface area contributed by atoms with Gasteiger partial charge in [0.25, 0.3) is 0 Å². The quantitative estimate of drug-likeness (QED) is 0.786. The fourth-order valence-electron chi connectivity index (χ4n) is 3.62. The molecule has 6 nitrogen and oxygen atoms in total. The van der Waals surface area contributed by atoms with E-state index in [-0.39, 0.29) is 0 Å². The van der Waals surface area contributed by atoms with Crippen LogP contribution in [0.1, 0.15) is 11.1 Å². The third kappa shape index (κ3) is 3.75. The van der Waals surface area contributed by atoms with Crippen molar-refractivity contribution in [2.24, 2.45) is 0 Å². The molecular formula is C20H26N2O4S. The summed E-state index contributed by atoms with van der Waals surface area (Å²) in [5.41, 5.74) is 2.41. The van der Waals surface area contributed by atoms with Crippen molar-refractivity contribution in [1.29, 1.82) is 0 Å². The summed E-state index contributed by atoms with van der Waals surface area (Å²) in [7, 11) is -0.319. The van der Waals surface area contributed by atoms with E-state index in [0.717, 1.165) is 11.4 Å². The van der Waals surface area contributed by atoms with Crippen LogP contribution in [0.5, 0.6) is 11.5 Å². The second-order valence-corrected chi connectivity index (χ2v) is 8.53. The fourth-order valence-corrected chi connectivity index (χ4v) is 5.46. The molecule has 0 radical (unpaired) electrons. The summed E-state index contributed by atoms with van der Waals surface area (Å²) in [6.07, 6.45) is 0. The maximum atomic E-state index is 13.2. The molecule has 1 aliphatic rings. The van der Waals surface area contributed by atoms with Crippen LogP contribution in [-0.4, -0.2) is 53.1 Å². The average Bonchev–Trinajstić information content (AvgIpc) is 2.67. The molecule has 1 fully saturated rings. The highest BCUT2D eigenvalue weighted by Crippen LogP contribution is 2.31. The Morgan fingerprint density at radius 2 is 1.48 bits per heavy atom. The number of anilines is 1. The van der Waals surface area contributed by atoms with E-state index in [1.165, 1.54) is 0 Å². The fraction of sp³-hybridized carbons (Fsp3) is 0.400. The number of piperazine rings is 1. The molecule has 2 aromatic carbocycles. The first-order valence-electron chi connectivity index (χ1n) is 8.92. The minimum atomic E-state index is -3.55. The molecule has 27 heavy (non-hydrogen) atoms. The van der Waals surface area contributed by atoms with E-state index in [1.807, 2.05) is 38.1 Å². The van der Waals surface area contributed by atoms with E-state index in [0.29, 0.717) is 48.0 Å². The zero-order chi connectivity index (χ0) is 19.6. The SMILES string of the molecule is COc1cc(C)c(S(=O)(=O)N2CCN(c3ccccc3OC)CC2)c(C)c1. The summed E-state index contributed by atoms with van der Waals surface area (Å²) < 4.78 is 38.7. The number of methoxy groups -OCH3 is 2. The number of hydrogen-bond donors (Lipinski definition) is 0. The smallest absolute Gasteiger partial charge is 0.243 e. The molecule has 0 aromatic heterocycles. The van der Waals surface area contributed by atoms with Crippen molar-refractivity contribution in [3.8, 4) is 11.5 Å². The minimum absolute atomic E-state index is 0.383. The molecule has 0 spiro atoms. The van der Waals surface area contributed by atoms with E-state index >= 15 is 0 Å². The van der Waals surface area contributed by atoms with Crippen LogP contribution >= 0.6 is 0 Å². The number of rotatable bonds is 5. The van der Waals surface area contributed by atoms with Gasteiger partial charge in [0.2, 0.25) is 10.0 Å². The Hall–Kier alpha value is -2.25. The Morgan fingerprint density at radius 3 is 2.04 bits per heavy atom. The van der Waals surface area contributed by atoms with Crippen molar-refractivity contribution in [1.82, 2.24) is 4.31 Å². The highest BCUT2D eigenvalue weighted by Gasteiger charge is 2.31. The van der Waals surface area contributed by atoms with Gasteiger partial charge in [0.05, 0.1) is 24.8 Å². The van der Waals surface area contributed by atoms with Gasteiger partial charge in [-0.05, 0) is 49.2 Å². The second-order valence-electron chi connectivity index (χ2n) is 6.65. The summed E-state index contributed by atoms with van der Waals surface area (Å²) in [4.78, 5) is 2.55. The van der Waals surface area contributed by atoms with Crippen molar-refractivity contribution < 1.29 is 17.9 Å². The third-order valence-electron chi connectivity index (χ3n) is 4.93. The number of nitrogens with zero attached hydrogens (tertiary/aromatic N) is 2. The van der Waals surface area contributed by atoms with Gasteiger partial charge in [-0.3, -0.25) is 0 Å². The topological polar surface area (TPSA) is 59.1 Å². The molecule has 0 amide bonds. The molecule has 1 saturated heterocycles. The van der Waals surface area contributed by atoms with Crippen molar-refractivity contribution in [3.05, 3.63) is 47.5 Å². The average molecular weight is 391 g/mol. The maximum Gasteiger partial charge on any atom is 0.243 e. The van der Waals surface area contributed by atoms with Crippen LogP contribution in [0, 0.1) is 13.8 Å². The lowest BCUT2D eigenvalue weighted by Crippen LogP contribution is -2.49. The lowest BCUT2D eigenvalue weighted by atomic mass is 10.1. The number of ether oxygens (including phenoxy) is 2. The van der Waals surface area contributed by atoms with Crippen LogP contribution < -0.4 is 14.4 Å². The normalized spacial score (nSPS) is 15.6. The third-order valence-corrected chi connectivity index (χ3v) is 7.14. The molecule has 0 saturated carbocycles. The summed E-state index contributed by atoms with van der Waals surface area (Å²) >= 11 is 0. The van der Waals surface area contributed by atoms with Gasteiger partial charge in [0.15, 0.2) is 0 Å². The van der Waals surface area contributed by atoms with Crippen molar-refractivity contribution in [2.75, 3.05) is 45.3 Å². The Morgan fingerprint density at radius 1 is 0.889 bits per heavy atom. The van der Waals surface area contributed by atoms with E-state index in [4.69, 9.17) is 9.47 Å². The lowest BCUT2D eigenvalue weighted by molar-refractivity contribution is 0.377. The van der Waals surface area contributed by atoms with Crippen molar-refractivity contribution in [2.45, 2.75) is 18.7 Å². The van der Waals surface area contributed by atoms with Crippen LogP contribution in [0.4, 0.5) is 5.69 Å². The first-order chi connectivity index (χ1) is 12.9. The molecule has 1 heterocycles. The summed E-state index contributed by atoms with van der Waals surface area (Å²) in [6.45, 7) is 5.74. The van der Waals surface area contributed by atoms with Gasteiger partial charge in [0, 0.05) is 26.2 Å². The molecule has 0 aliphatic carbocycles. The first kappa shape index (κ1) is 19.5. The molecule has 0 bridgehead atoms. The number of aryl methyl sites for hydroxylation is 2. The van der Waals surface area contributed by atoms with Crippen molar-refractivity contribution in [3.63, 3.8) is 0 Å². The van der Waals surface area contributed by atoms with Gasteiger partial charge in [-0.15, -0.1) is 0 Å². The van der Waals surface area contributed by atoms with Gasteiger partial charge in [-0.25, -0.2) is 8.42 Å². The van der Waals surface area contributed by atoms with E-state index in [1.54, 1.807) is 30.7 Å². The molecule has 0 N–H and O–H groups in total. The minimum Gasteiger partial charge on any atom is -0.497 e. The predicted molar refractivity (Wildman–Crippen MR) is 106 cm³/mol. The highest BCUT2D eigenvalue weighted by atomic mass is 32.2. The molecule has 146 valence electrons. The van der Waals surface area contributed by atoms with Gasteiger partial charge in [-0.1, -0.05) is 12.1 Å². The van der Waals surface area contributed by atoms with Gasteiger partial charge in [0.1, 0.15) is 11.5 Å². The molecule has 0 atom stereocenters. The molecule has 7 heteroatoms. The molecule has 3 rings (SSSR count). The monoisotopic (exact) mass is 390 g/mol. The summed E-state index contributed by atoms with van der Waals surface area (Å²) in [5, 5.41) is 0. The lowest BCUT2D eigenvalue weighted by Gasteiger charge is -2.36. The molecule has 2 aromatic rings. The van der Waals surface area contributed by atoms with Gasteiger partial charge < -0.3 is 14.4 Å². The summed E-state index contributed by atoms with van der Waals surface area (Å²) in [6, 6.07) is 11.3. The van der Waals surface area contributed by atoms with Crippen LogP contribution in [0.3, 0.4) is 0 Å². The van der Waals surface area contributed by atoms with Crippen LogP contribution in [0.15, 0.2) is 41.3 Å². The standard InChI is InChI=1S/C20H26N2O4S/c1-15-13-17(25-3)14-16(2)20(15)27(23,24)22-11-9-21(10-12-22)18-7-5-6-8-19(18)26-4/h5-8,13-14H,9-12H2,1-4H3. The van der Waals surface area contributed by atoms with E-state index < -0.39 is 10.0 Å². The van der Waals surface area contributed by atoms with Gasteiger partial charge in [-0.2, -0.15) is 4.31 Å². The number of para-hydroxylation sites is 2. The molecular weight excluding hydrogens is 364 g/mol. The summed E-state index contributed by atoms with van der Waals surface area (Å²) in [5.74, 6) is 1.47. The molecule has 0 unspecified atom stereocenters. The molecule has 1 aliphatic heterocycles. The largest absolute Gasteiger partial charge is 0.497 e.